The van der Waals surface area contributed by atoms with Gasteiger partial charge in [-0.15, -0.1) is 0 Å². The molecule has 1 amide bonds. The highest BCUT2D eigenvalue weighted by Crippen LogP contribution is 2.48. The van der Waals surface area contributed by atoms with Crippen LogP contribution in [0.4, 0.5) is 14.6 Å². The van der Waals surface area contributed by atoms with Crippen LogP contribution in [0.25, 0.3) is 21.8 Å². The largest absolute Gasteiger partial charge is 0.357 e. The second-order valence-electron chi connectivity index (χ2n) is 9.99. The van der Waals surface area contributed by atoms with Gasteiger partial charge in [0.2, 0.25) is 5.92 Å². The van der Waals surface area contributed by atoms with Crippen molar-refractivity contribution in [3.8, 4) is 0 Å². The van der Waals surface area contributed by atoms with Crippen LogP contribution in [0, 0.1) is 12.3 Å². The second-order valence-corrected chi connectivity index (χ2v) is 9.99. The van der Waals surface area contributed by atoms with Gasteiger partial charge in [-0.3, -0.25) is 14.8 Å². The molecule has 1 aromatic carbocycles. The van der Waals surface area contributed by atoms with Crippen molar-refractivity contribution in [3.05, 3.63) is 53.5 Å². The van der Waals surface area contributed by atoms with Crippen molar-refractivity contribution in [2.75, 3.05) is 18.4 Å². The summed E-state index contributed by atoms with van der Waals surface area (Å²) in [5.41, 5.74) is 4.30. The van der Waals surface area contributed by atoms with E-state index in [1.807, 2.05) is 25.1 Å². The van der Waals surface area contributed by atoms with Crippen LogP contribution >= 0.6 is 0 Å². The van der Waals surface area contributed by atoms with E-state index in [2.05, 4.69) is 36.4 Å². The summed E-state index contributed by atoms with van der Waals surface area (Å²) in [5, 5.41) is 11.9. The number of fused-ring (bicyclic) bond motifs is 2. The Morgan fingerprint density at radius 3 is 2.74 bits per heavy atom. The van der Waals surface area contributed by atoms with Crippen molar-refractivity contribution in [1.29, 1.82) is 0 Å². The number of hydrogen-bond acceptors (Lipinski definition) is 4. The summed E-state index contributed by atoms with van der Waals surface area (Å²) in [6.45, 7) is 4.42. The van der Waals surface area contributed by atoms with E-state index in [0.717, 1.165) is 52.8 Å². The van der Waals surface area contributed by atoms with E-state index < -0.39 is 5.92 Å². The summed E-state index contributed by atoms with van der Waals surface area (Å²) in [6, 6.07) is 9.28. The number of aromatic nitrogens is 4. The van der Waals surface area contributed by atoms with E-state index in [-0.39, 0.29) is 24.2 Å². The molecule has 176 valence electrons. The highest BCUT2D eigenvalue weighted by Gasteiger charge is 2.49. The topological polar surface area (TPSA) is 89.7 Å². The van der Waals surface area contributed by atoms with Crippen molar-refractivity contribution < 1.29 is 13.6 Å². The maximum atomic E-state index is 13.5. The van der Waals surface area contributed by atoms with Gasteiger partial charge in [0.25, 0.3) is 5.91 Å². The Balaban J connectivity index is 1.11. The van der Waals surface area contributed by atoms with Crippen LogP contribution in [0.15, 0.2) is 36.5 Å². The third kappa shape index (κ3) is 3.83. The van der Waals surface area contributed by atoms with Crippen molar-refractivity contribution in [3.63, 3.8) is 0 Å². The lowest BCUT2D eigenvalue weighted by Crippen LogP contribution is -2.57. The SMILES string of the molecule is Cc1[nH]nc2ccc(C(=O)Nc3cc4[nH]c(CN5CC6(CCC(F)(F)CC6)C5)cc4cn3)cc12. The maximum absolute atomic E-state index is 13.5. The Morgan fingerprint density at radius 2 is 1.94 bits per heavy atom. The highest BCUT2D eigenvalue weighted by molar-refractivity contribution is 6.06. The smallest absolute Gasteiger partial charge is 0.256 e. The van der Waals surface area contributed by atoms with Gasteiger partial charge in [-0.2, -0.15) is 5.10 Å². The van der Waals surface area contributed by atoms with Gasteiger partial charge in [0.1, 0.15) is 5.82 Å². The van der Waals surface area contributed by atoms with Gasteiger partial charge in [0, 0.05) is 72.5 Å². The molecule has 0 radical (unpaired) electrons. The number of anilines is 1. The van der Waals surface area contributed by atoms with E-state index in [9.17, 15) is 13.6 Å². The first-order valence-corrected chi connectivity index (χ1v) is 11.6. The van der Waals surface area contributed by atoms with Gasteiger partial charge in [-0.05, 0) is 49.4 Å². The molecule has 3 aromatic heterocycles. The Kier molecular flexibility index (Phi) is 4.74. The number of pyridine rings is 1. The van der Waals surface area contributed by atoms with Crippen molar-refractivity contribution in [2.24, 2.45) is 5.41 Å². The molecule has 3 N–H and O–H groups in total. The molecule has 2 aliphatic rings. The van der Waals surface area contributed by atoms with Crippen molar-refractivity contribution in [1.82, 2.24) is 25.1 Å². The van der Waals surface area contributed by atoms with E-state index in [1.165, 1.54) is 0 Å². The van der Waals surface area contributed by atoms with Crippen LogP contribution in [0.2, 0.25) is 0 Å². The monoisotopic (exact) mass is 464 g/mol. The number of likely N-dealkylation sites (tertiary alicyclic amines) is 1. The second kappa shape index (κ2) is 7.59. The maximum Gasteiger partial charge on any atom is 0.256 e. The van der Waals surface area contributed by atoms with Gasteiger partial charge in [0.15, 0.2) is 0 Å². The number of rotatable bonds is 4. The van der Waals surface area contributed by atoms with E-state index in [4.69, 9.17) is 0 Å². The van der Waals surface area contributed by atoms with Crippen molar-refractivity contribution >= 4 is 33.5 Å². The molecule has 1 saturated carbocycles. The molecule has 6 rings (SSSR count). The third-order valence-electron chi connectivity index (χ3n) is 7.36. The molecule has 1 spiro atoms. The average molecular weight is 465 g/mol. The summed E-state index contributed by atoms with van der Waals surface area (Å²) < 4.78 is 27.0. The lowest BCUT2D eigenvalue weighted by Gasteiger charge is -2.53. The molecule has 2 fully saturated rings. The van der Waals surface area contributed by atoms with E-state index in [0.29, 0.717) is 24.2 Å². The van der Waals surface area contributed by atoms with Crippen LogP contribution in [0.3, 0.4) is 0 Å². The summed E-state index contributed by atoms with van der Waals surface area (Å²) in [4.78, 5) is 22.9. The Hall–Kier alpha value is -3.33. The van der Waals surface area contributed by atoms with Crippen LogP contribution in [-0.2, 0) is 6.54 Å². The number of H-pyrrole nitrogens is 2. The van der Waals surface area contributed by atoms with E-state index in [1.54, 1.807) is 12.3 Å². The summed E-state index contributed by atoms with van der Waals surface area (Å²) in [6.07, 6.45) is 3.01. The van der Waals surface area contributed by atoms with Crippen LogP contribution < -0.4 is 5.32 Å². The third-order valence-corrected chi connectivity index (χ3v) is 7.36. The van der Waals surface area contributed by atoms with Crippen LogP contribution in [0.1, 0.15) is 47.4 Å². The Labute approximate surface area is 194 Å². The van der Waals surface area contributed by atoms with Gasteiger partial charge in [-0.1, -0.05) is 0 Å². The number of carbonyl (C=O) groups is 1. The molecule has 9 heteroatoms. The minimum atomic E-state index is -2.48. The normalized spacial score (nSPS) is 19.5. The Bertz CT molecular complexity index is 1390. The number of nitrogens with one attached hydrogen (secondary N) is 3. The quantitative estimate of drug-likeness (QED) is 0.396. The van der Waals surface area contributed by atoms with Crippen LogP contribution in [-0.4, -0.2) is 50.0 Å². The van der Waals surface area contributed by atoms with Gasteiger partial charge < -0.3 is 10.3 Å². The molecule has 4 heterocycles. The molecular formula is C25H26F2N6O. The molecule has 7 nitrogen and oxygen atoms in total. The number of aryl methyl sites for hydroxylation is 1. The fraction of sp³-hybridized carbons (Fsp3) is 0.400. The lowest BCUT2D eigenvalue weighted by atomic mass is 9.67. The number of halogens is 2. The zero-order valence-electron chi connectivity index (χ0n) is 18.9. The van der Waals surface area contributed by atoms with E-state index >= 15 is 0 Å². The van der Waals surface area contributed by atoms with Gasteiger partial charge >= 0.3 is 0 Å². The molecular weight excluding hydrogens is 438 g/mol. The molecule has 4 aromatic rings. The number of alkyl halides is 2. The molecule has 0 atom stereocenters. The summed E-state index contributed by atoms with van der Waals surface area (Å²) in [7, 11) is 0. The molecule has 1 aliphatic carbocycles. The summed E-state index contributed by atoms with van der Waals surface area (Å²) in [5.74, 6) is -2.24. The average Bonchev–Trinajstić information content (AvgIpc) is 3.36. The lowest BCUT2D eigenvalue weighted by molar-refractivity contribution is -0.115. The first-order chi connectivity index (χ1) is 16.3. The standard InChI is InChI=1S/C25H26F2N6O/c1-15-19-9-16(2-3-20(19)32-31-15)23(34)30-22-10-21-17(11-28-22)8-18(29-21)12-33-13-24(14-33)4-6-25(26,27)7-5-24/h2-3,8-11,29H,4-7,12-14H2,1H3,(H,31,32)(H,28,30,34). The highest BCUT2D eigenvalue weighted by atomic mass is 19.3. The molecule has 0 bridgehead atoms. The fourth-order valence-electron chi connectivity index (χ4n) is 5.42. The van der Waals surface area contributed by atoms with Crippen molar-refractivity contribution in [2.45, 2.75) is 45.1 Å². The molecule has 1 saturated heterocycles. The molecule has 1 aliphatic heterocycles. The number of benzene rings is 1. The number of amides is 1. The van der Waals surface area contributed by atoms with Crippen LogP contribution in [0.5, 0.6) is 0 Å². The predicted molar refractivity (Wildman–Crippen MR) is 126 cm³/mol. The predicted octanol–water partition coefficient (Wildman–Crippen LogP) is 5.01. The van der Waals surface area contributed by atoms with Gasteiger partial charge in [-0.25, -0.2) is 13.8 Å². The minimum Gasteiger partial charge on any atom is -0.357 e. The molecule has 34 heavy (non-hydrogen) atoms. The number of nitrogens with zero attached hydrogens (tertiary/aromatic N) is 3. The zero-order valence-corrected chi connectivity index (χ0v) is 18.9. The minimum absolute atomic E-state index is 0.0168. The first kappa shape index (κ1) is 21.2. The Morgan fingerprint density at radius 1 is 1.15 bits per heavy atom. The number of hydrogen-bond donors (Lipinski definition) is 3. The number of carbonyl (C=O) groups excluding carboxylic acids is 1. The van der Waals surface area contributed by atoms with Gasteiger partial charge in [0.05, 0.1) is 11.0 Å². The molecule has 0 unspecified atom stereocenters. The summed E-state index contributed by atoms with van der Waals surface area (Å²) >= 11 is 0. The number of aromatic amines is 2. The zero-order chi connectivity index (χ0) is 23.5. The fourth-order valence-corrected chi connectivity index (χ4v) is 5.42. The first-order valence-electron chi connectivity index (χ1n) is 11.6.